The van der Waals surface area contributed by atoms with Gasteiger partial charge in [0.1, 0.15) is 25.4 Å². The fourth-order valence-corrected chi connectivity index (χ4v) is 11.6. The van der Waals surface area contributed by atoms with Crippen molar-refractivity contribution in [1.82, 2.24) is 9.55 Å². The highest BCUT2D eigenvalue weighted by Gasteiger charge is 2.48. The normalized spacial score (nSPS) is 14.4. The smallest absolute Gasteiger partial charge is 0.422 e. The molecule has 0 N–H and O–H groups in total. The summed E-state index contributed by atoms with van der Waals surface area (Å²) in [5, 5.41) is 2.79. The maximum atomic E-state index is 6.76. The molecule has 0 saturated carbocycles. The molecule has 0 spiro atoms. The van der Waals surface area contributed by atoms with Gasteiger partial charge in [-0.1, -0.05) is 104 Å². The van der Waals surface area contributed by atoms with E-state index in [-0.39, 0.29) is 6.98 Å². The summed E-state index contributed by atoms with van der Waals surface area (Å²) in [6.45, 7) is 4.80. The third kappa shape index (κ3) is 4.07. The number of nitrogens with zero attached hydrogens (tertiary/aromatic N) is 5. The molecule has 6 nitrogen and oxygen atoms in total. The van der Waals surface area contributed by atoms with E-state index in [1.165, 1.54) is 38.2 Å². The number of fused-ring (bicyclic) bond motifs is 10. The summed E-state index contributed by atoms with van der Waals surface area (Å²) in [7, 11) is -2.02. The van der Waals surface area contributed by atoms with Gasteiger partial charge in [0, 0.05) is 29.2 Å². The molecular formula is C44H32BN5OSi. The van der Waals surface area contributed by atoms with Gasteiger partial charge in [0.05, 0.1) is 28.1 Å². The maximum Gasteiger partial charge on any atom is 0.422 e. The lowest BCUT2D eigenvalue weighted by Gasteiger charge is -2.36. The zero-order valence-electron chi connectivity index (χ0n) is 28.7. The fraction of sp³-hybridized carbons (Fsp3) is 0.0455. The van der Waals surface area contributed by atoms with Crippen LogP contribution in [-0.2, 0) is 0 Å². The highest BCUT2D eigenvalue weighted by Crippen LogP contribution is 2.50. The molecule has 0 atom stereocenters. The molecule has 0 radical (unpaired) electrons. The van der Waals surface area contributed by atoms with Crippen LogP contribution in [0, 0.1) is 6.33 Å². The molecule has 8 aromatic rings. The van der Waals surface area contributed by atoms with Crippen molar-refractivity contribution in [1.29, 1.82) is 0 Å². The van der Waals surface area contributed by atoms with E-state index in [9.17, 15) is 0 Å². The molecule has 0 aliphatic carbocycles. The van der Waals surface area contributed by atoms with Crippen LogP contribution in [-0.4, -0.2) is 24.6 Å². The van der Waals surface area contributed by atoms with E-state index in [2.05, 4.69) is 178 Å². The van der Waals surface area contributed by atoms with E-state index < -0.39 is 8.07 Å². The van der Waals surface area contributed by atoms with Crippen molar-refractivity contribution >= 4 is 64.8 Å². The minimum absolute atomic E-state index is 0.0924. The van der Waals surface area contributed by atoms with E-state index >= 15 is 0 Å². The lowest BCUT2D eigenvalue weighted by Crippen LogP contribution is -2.57. The Kier molecular flexibility index (Phi) is 6.10. The second kappa shape index (κ2) is 10.8. The first-order chi connectivity index (χ1) is 25.6. The molecule has 5 heterocycles. The zero-order valence-corrected chi connectivity index (χ0v) is 29.7. The second-order valence-corrected chi connectivity index (χ2v) is 18.6. The molecule has 11 rings (SSSR count). The predicted molar refractivity (Wildman–Crippen MR) is 213 cm³/mol. The van der Waals surface area contributed by atoms with Gasteiger partial charge >= 0.3 is 6.98 Å². The highest BCUT2D eigenvalue weighted by atomic mass is 28.3. The fourth-order valence-electron chi connectivity index (χ4n) is 8.68. The summed E-state index contributed by atoms with van der Waals surface area (Å²) in [5.41, 5.74) is 11.6. The molecule has 0 unspecified atom stereocenters. The second-order valence-electron chi connectivity index (χ2n) is 14.2. The van der Waals surface area contributed by atoms with Gasteiger partial charge in [0.2, 0.25) is 0 Å². The molecule has 0 saturated heterocycles. The van der Waals surface area contributed by atoms with Crippen molar-refractivity contribution < 1.29 is 9.30 Å². The topological polar surface area (TPSA) is 37.4 Å². The van der Waals surface area contributed by atoms with Gasteiger partial charge in [-0.15, -0.1) is 0 Å². The molecule has 0 fully saturated rings. The minimum Gasteiger partial charge on any atom is -0.458 e. The van der Waals surface area contributed by atoms with Crippen LogP contribution in [0.5, 0.6) is 11.5 Å². The lowest BCUT2D eigenvalue weighted by molar-refractivity contribution is -0.572. The van der Waals surface area contributed by atoms with Crippen LogP contribution in [0.15, 0.2) is 158 Å². The minimum atomic E-state index is -2.02. The lowest BCUT2D eigenvalue weighted by atomic mass is 9.59. The number of para-hydroxylation sites is 3. The molecule has 0 bridgehead atoms. The van der Waals surface area contributed by atoms with Crippen molar-refractivity contribution in [3.05, 3.63) is 164 Å². The van der Waals surface area contributed by atoms with Crippen molar-refractivity contribution in [3.8, 4) is 34.0 Å². The van der Waals surface area contributed by atoms with E-state index in [4.69, 9.17) is 9.72 Å². The zero-order chi connectivity index (χ0) is 34.6. The van der Waals surface area contributed by atoms with Gasteiger partial charge in [-0.3, -0.25) is 9.13 Å². The summed E-state index contributed by atoms with van der Waals surface area (Å²) < 4.78 is 11.2. The molecule has 246 valence electrons. The van der Waals surface area contributed by atoms with Gasteiger partial charge < -0.3 is 14.4 Å². The van der Waals surface area contributed by atoms with Gasteiger partial charge in [-0.05, 0) is 76.0 Å². The van der Waals surface area contributed by atoms with Gasteiger partial charge in [-0.2, -0.15) is 0 Å². The standard InChI is InChI=1S/C44H32BN5OSi/c1-52(2)41-25-24-33(28-40(41)48-29-47(30-13-4-3-5-14-30)38-21-11-23-42(52)43(38)48)51-32-16-10-15-31(27-32)49-44-39(22-12-26-46-44)50-37-20-9-7-18-35(37)34-17-6-8-19-36(34)45(49)50/h3-28H,1-2H3. The number of pyridine rings is 1. The average Bonchev–Trinajstić information content (AvgIpc) is 3.75. The van der Waals surface area contributed by atoms with Gasteiger partial charge in [0.15, 0.2) is 0 Å². The highest BCUT2D eigenvalue weighted by molar-refractivity contribution is 7.02. The van der Waals surface area contributed by atoms with E-state index in [0.29, 0.717) is 0 Å². The first-order valence-corrected chi connectivity index (χ1v) is 20.8. The third-order valence-corrected chi connectivity index (χ3v) is 14.5. The number of ether oxygens (including phenoxy) is 1. The molecule has 3 aliphatic heterocycles. The summed E-state index contributed by atoms with van der Waals surface area (Å²) in [6.07, 6.45) is 5.60. The Morgan fingerprint density at radius 1 is 0.635 bits per heavy atom. The number of anilines is 4. The van der Waals surface area contributed by atoms with Crippen LogP contribution < -0.4 is 34.8 Å². The van der Waals surface area contributed by atoms with Crippen LogP contribution in [0.3, 0.4) is 0 Å². The number of hydrogen-bond acceptors (Lipinski definition) is 4. The van der Waals surface area contributed by atoms with Crippen molar-refractivity contribution in [2.45, 2.75) is 13.1 Å². The number of benzene rings is 6. The van der Waals surface area contributed by atoms with Crippen LogP contribution in [0.1, 0.15) is 0 Å². The molecule has 8 heteroatoms. The maximum absolute atomic E-state index is 6.76. The first-order valence-electron chi connectivity index (χ1n) is 17.8. The average molecular weight is 686 g/mol. The Balaban J connectivity index is 1.01. The summed E-state index contributed by atoms with van der Waals surface area (Å²) in [6, 6.07) is 53.8. The largest absolute Gasteiger partial charge is 0.458 e. The Bertz CT molecular complexity index is 2740. The molecule has 0 amide bonds. The number of rotatable bonds is 4. The van der Waals surface area contributed by atoms with Crippen molar-refractivity contribution in [2.75, 3.05) is 9.62 Å². The monoisotopic (exact) mass is 685 g/mol. The van der Waals surface area contributed by atoms with E-state index in [1.54, 1.807) is 0 Å². The van der Waals surface area contributed by atoms with Gasteiger partial charge in [0.25, 0.3) is 6.33 Å². The Morgan fingerprint density at radius 3 is 2.31 bits per heavy atom. The quantitative estimate of drug-likeness (QED) is 0.108. The van der Waals surface area contributed by atoms with Crippen LogP contribution >= 0.6 is 0 Å². The predicted octanol–water partition coefficient (Wildman–Crippen LogP) is 7.70. The van der Waals surface area contributed by atoms with Crippen molar-refractivity contribution in [3.63, 3.8) is 0 Å². The van der Waals surface area contributed by atoms with Crippen molar-refractivity contribution in [2.24, 2.45) is 0 Å². The molecule has 52 heavy (non-hydrogen) atoms. The molecule has 6 aromatic carbocycles. The Labute approximate surface area is 303 Å². The summed E-state index contributed by atoms with van der Waals surface area (Å²) >= 11 is 0. The summed E-state index contributed by atoms with van der Waals surface area (Å²) in [4.78, 5) is 9.74. The van der Waals surface area contributed by atoms with Gasteiger partial charge in [-0.25, -0.2) is 4.98 Å². The molecular weight excluding hydrogens is 653 g/mol. The number of aromatic nitrogens is 3. The van der Waals surface area contributed by atoms with Crippen LogP contribution in [0.2, 0.25) is 13.1 Å². The number of hydrogen-bond donors (Lipinski definition) is 0. The van der Waals surface area contributed by atoms with E-state index in [1.807, 2.05) is 18.3 Å². The van der Waals surface area contributed by atoms with Crippen LogP contribution in [0.25, 0.3) is 33.5 Å². The molecule has 3 aliphatic rings. The third-order valence-electron chi connectivity index (χ3n) is 11.0. The van der Waals surface area contributed by atoms with E-state index in [0.717, 1.165) is 45.6 Å². The van der Waals surface area contributed by atoms with Crippen LogP contribution in [0.4, 0.5) is 22.9 Å². The SMILES string of the molecule is C[Si]1(C)c2ccc(Oc3cccc(N4B5c6ccccc6-c6ccccc6N5c5cccnc54)c3)cc2-n2[c-][n+](-c3ccccc3)c3cccc1c32. The first kappa shape index (κ1) is 29.4. The Hall–Kier alpha value is -6.38. The summed E-state index contributed by atoms with van der Waals surface area (Å²) in [5.74, 6) is 2.49. The number of imidazole rings is 1. The Morgan fingerprint density at radius 2 is 1.40 bits per heavy atom. The molecule has 2 aromatic heterocycles.